The molecule has 0 radical (unpaired) electrons. The molecule has 6 heteroatoms. The molecule has 1 aromatic heterocycles. The fourth-order valence-corrected chi connectivity index (χ4v) is 3.14. The molecule has 20 heavy (non-hydrogen) atoms. The Balaban J connectivity index is -0.000000578. The number of hydrogen-bond acceptors (Lipinski definition) is 1. The monoisotopic (exact) mass is 400 g/mol. The second kappa shape index (κ2) is 12.1. The Labute approximate surface area is 164 Å². The van der Waals surface area contributed by atoms with Crippen molar-refractivity contribution in [2.24, 2.45) is 0 Å². The van der Waals surface area contributed by atoms with Gasteiger partial charge in [-0.05, 0) is 17.0 Å². The van der Waals surface area contributed by atoms with E-state index in [9.17, 15) is 0 Å². The van der Waals surface area contributed by atoms with Crippen molar-refractivity contribution >= 4 is 11.3 Å². The van der Waals surface area contributed by atoms with Gasteiger partial charge in [-0.15, -0.1) is 11.3 Å². The third-order valence-electron chi connectivity index (χ3n) is 2.89. The zero-order valence-corrected chi connectivity index (χ0v) is 15.8. The molecule has 106 valence electrons. The Bertz CT molecular complexity index is 425. The predicted molar refractivity (Wildman–Crippen MR) is 66.4 cm³/mol. The van der Waals surface area contributed by atoms with Gasteiger partial charge in [0.1, 0.15) is 0 Å². The number of thiophene rings is 1. The van der Waals surface area contributed by atoms with Crippen LogP contribution < -0.4 is 49.6 Å². The molecule has 2 aliphatic rings. The van der Waals surface area contributed by atoms with Crippen LogP contribution in [0.2, 0.25) is 0 Å². The average molecular weight is 402 g/mol. The van der Waals surface area contributed by atoms with Gasteiger partial charge in [-0.25, -0.2) is 0 Å². The van der Waals surface area contributed by atoms with E-state index in [1.807, 2.05) is 11.3 Å². The minimum atomic E-state index is 0. The van der Waals surface area contributed by atoms with Gasteiger partial charge in [-0.2, -0.15) is 0 Å². The maximum atomic E-state index is 2.26. The maximum absolute atomic E-state index is 2.26. The van der Waals surface area contributed by atoms with Crippen molar-refractivity contribution in [2.45, 2.75) is 11.8 Å². The summed E-state index contributed by atoms with van der Waals surface area (Å²) in [5, 5.41) is 2.20. The van der Waals surface area contributed by atoms with E-state index in [-0.39, 0.29) is 71.3 Å². The Kier molecular flexibility index (Phi) is 15.4. The molecule has 0 spiro atoms. The summed E-state index contributed by atoms with van der Waals surface area (Å²) in [6, 6.07) is 2.25. The minimum Gasteiger partial charge on any atom is -1.00 e. The summed E-state index contributed by atoms with van der Waals surface area (Å²) >= 11 is 1.86. The third kappa shape index (κ3) is 5.38. The third-order valence-corrected chi connectivity index (χ3v) is 3.92. The van der Waals surface area contributed by atoms with E-state index in [1.54, 1.807) is 0 Å². The first kappa shape index (κ1) is 25.5. The number of hydrogen-bond donors (Lipinski definition) is 0. The van der Waals surface area contributed by atoms with Crippen molar-refractivity contribution in [3.63, 3.8) is 0 Å². The normalized spacial score (nSPS) is 14.8. The van der Waals surface area contributed by atoms with E-state index in [4.69, 9.17) is 0 Å². The second-order valence-corrected chi connectivity index (χ2v) is 4.78. The van der Waals surface area contributed by atoms with Gasteiger partial charge in [0.05, 0.1) is 0 Å². The van der Waals surface area contributed by atoms with Gasteiger partial charge in [-0.1, -0.05) is 48.6 Å². The van der Waals surface area contributed by atoms with Crippen LogP contribution in [0.4, 0.5) is 0 Å². The van der Waals surface area contributed by atoms with Crippen LogP contribution in [0.15, 0.2) is 60.1 Å². The number of allylic oxidation sites excluding steroid dienone is 8. The Morgan fingerprint density at radius 3 is 1.65 bits per heavy atom. The van der Waals surface area contributed by atoms with Crippen LogP contribution >= 0.6 is 11.3 Å². The summed E-state index contributed by atoms with van der Waals surface area (Å²) in [7, 11) is 0. The van der Waals surface area contributed by atoms with Gasteiger partial charge in [-0.3, -0.25) is 0 Å². The molecule has 0 saturated heterocycles. The van der Waals surface area contributed by atoms with Gasteiger partial charge in [0, 0.05) is 16.7 Å². The predicted octanol–water partition coefficient (Wildman–Crippen LogP) is -7.82. The van der Waals surface area contributed by atoms with E-state index >= 15 is 0 Å². The summed E-state index contributed by atoms with van der Waals surface area (Å²) in [4.78, 5) is 1.49. The molecule has 1 aromatic rings. The van der Waals surface area contributed by atoms with Gasteiger partial charge in [0.15, 0.2) is 0 Å². The molecule has 1 heterocycles. The van der Waals surface area contributed by atoms with Crippen molar-refractivity contribution < 1.29 is 71.3 Å². The van der Waals surface area contributed by atoms with Crippen molar-refractivity contribution in [3.05, 3.63) is 70.5 Å². The van der Waals surface area contributed by atoms with Crippen LogP contribution in [-0.2, 0) is 21.7 Å². The Hall–Kier alpha value is 0.534. The van der Waals surface area contributed by atoms with Crippen LogP contribution in [0, 0.1) is 0 Å². The molecule has 0 atom stereocenters. The average Bonchev–Trinajstić information content (AvgIpc) is 3.01. The van der Waals surface area contributed by atoms with Crippen molar-refractivity contribution in [1.82, 2.24) is 0 Å². The number of halogens is 4. The molecule has 2 aliphatic carbocycles. The van der Waals surface area contributed by atoms with E-state index in [0.717, 1.165) is 0 Å². The summed E-state index contributed by atoms with van der Waals surface area (Å²) < 4.78 is 0. The molecule has 0 N–H and O–H groups in total. The number of rotatable bonds is 2. The van der Waals surface area contributed by atoms with Crippen molar-refractivity contribution in [1.29, 1.82) is 0 Å². The first-order valence-electron chi connectivity index (χ1n) is 5.22. The van der Waals surface area contributed by atoms with Gasteiger partial charge >= 0.3 is 21.7 Å². The molecule has 0 aliphatic heterocycles. The Morgan fingerprint density at radius 2 is 1.15 bits per heavy atom. The van der Waals surface area contributed by atoms with Gasteiger partial charge in [0.25, 0.3) is 0 Å². The summed E-state index contributed by atoms with van der Waals surface area (Å²) in [5.74, 6) is 0.996. The fourth-order valence-electron chi connectivity index (χ4n) is 2.12. The van der Waals surface area contributed by atoms with Crippen LogP contribution in [0.5, 0.6) is 0 Å². The van der Waals surface area contributed by atoms with E-state index in [1.165, 1.54) is 10.4 Å². The first-order valence-corrected chi connectivity index (χ1v) is 6.10. The summed E-state index contributed by atoms with van der Waals surface area (Å²) in [5.41, 5.74) is 1.46. The molecule has 0 nitrogen and oxygen atoms in total. The zero-order chi connectivity index (χ0) is 10.1. The molecule has 0 amide bonds. The molecule has 0 saturated carbocycles. The van der Waals surface area contributed by atoms with Crippen molar-refractivity contribution in [3.8, 4) is 0 Å². The smallest absolute Gasteiger partial charge is 1.00 e. The maximum Gasteiger partial charge on any atom is 4.00 e. The standard InChI is InChI=1S/C14H12S.4ClH.Ti/c1-2-6-11(5-1)13-9-10-15-14(13)12-7-3-4-8-12;;;;;/h1-12H;4*1H;/q;;;;;+4/p-4. The molecule has 0 bridgehead atoms. The molecular formula is C14H12Cl4STi. The van der Waals surface area contributed by atoms with Crippen LogP contribution in [0.1, 0.15) is 22.3 Å². The van der Waals surface area contributed by atoms with Crippen molar-refractivity contribution in [2.75, 3.05) is 0 Å². The first-order chi connectivity index (χ1) is 7.45. The fraction of sp³-hybridized carbons (Fsp3) is 0.143. The van der Waals surface area contributed by atoms with E-state index in [2.05, 4.69) is 60.1 Å². The van der Waals surface area contributed by atoms with Gasteiger partial charge < -0.3 is 49.6 Å². The SMILES string of the molecule is C1=CC(c2ccsc2C2C=CC=C2)C=C1.[Cl-].[Cl-].[Cl-].[Cl-].[Ti+4]. The Morgan fingerprint density at radius 1 is 0.700 bits per heavy atom. The molecule has 3 rings (SSSR count). The molecular weight excluding hydrogens is 390 g/mol. The van der Waals surface area contributed by atoms with E-state index < -0.39 is 0 Å². The molecule has 0 unspecified atom stereocenters. The van der Waals surface area contributed by atoms with Crippen LogP contribution in [0.3, 0.4) is 0 Å². The van der Waals surface area contributed by atoms with Gasteiger partial charge in [0.2, 0.25) is 0 Å². The molecule has 0 aromatic carbocycles. The van der Waals surface area contributed by atoms with Crippen LogP contribution in [-0.4, -0.2) is 0 Å². The zero-order valence-electron chi connectivity index (χ0n) is 10.3. The quantitative estimate of drug-likeness (QED) is 0.432. The topological polar surface area (TPSA) is 0 Å². The largest absolute Gasteiger partial charge is 4.00 e. The molecule has 0 fully saturated rings. The summed E-state index contributed by atoms with van der Waals surface area (Å²) in [6.45, 7) is 0. The van der Waals surface area contributed by atoms with Crippen LogP contribution in [0.25, 0.3) is 0 Å². The summed E-state index contributed by atoms with van der Waals surface area (Å²) in [6.07, 6.45) is 17.6. The second-order valence-electron chi connectivity index (χ2n) is 3.83. The minimum absolute atomic E-state index is 0. The van der Waals surface area contributed by atoms with E-state index in [0.29, 0.717) is 11.8 Å².